The van der Waals surface area contributed by atoms with Crippen LogP contribution in [0.5, 0.6) is 0 Å². The minimum absolute atomic E-state index is 0.0951. The molecule has 4 heteroatoms. The molecule has 1 amide bonds. The third kappa shape index (κ3) is 2.62. The molecule has 0 radical (unpaired) electrons. The Labute approximate surface area is 140 Å². The molecule has 114 valence electrons. The van der Waals surface area contributed by atoms with Crippen molar-refractivity contribution in [1.29, 1.82) is 0 Å². The Bertz CT molecular complexity index is 671. The summed E-state index contributed by atoms with van der Waals surface area (Å²) in [4.78, 5) is 14.5. The Hall–Kier alpha value is -1.51. The van der Waals surface area contributed by atoms with Gasteiger partial charge in [0.15, 0.2) is 0 Å². The van der Waals surface area contributed by atoms with Gasteiger partial charge in [-0.2, -0.15) is 0 Å². The molecule has 0 aliphatic carbocycles. The van der Waals surface area contributed by atoms with Crippen LogP contribution in [0.25, 0.3) is 0 Å². The number of β-lactam (4-membered cyclic amide) rings is 1. The lowest BCUT2D eigenvalue weighted by atomic mass is 9.79. The van der Waals surface area contributed by atoms with Gasteiger partial charge in [0.1, 0.15) is 0 Å². The van der Waals surface area contributed by atoms with E-state index in [0.29, 0.717) is 17.4 Å². The minimum Gasteiger partial charge on any atom is -0.330 e. The predicted octanol–water partition coefficient (Wildman–Crippen LogP) is 4.52. The van der Waals surface area contributed by atoms with E-state index in [-0.39, 0.29) is 11.9 Å². The van der Waals surface area contributed by atoms with Crippen molar-refractivity contribution < 1.29 is 4.79 Å². The second kappa shape index (κ2) is 5.94. The molecule has 2 atom stereocenters. The molecule has 22 heavy (non-hydrogen) atoms. The van der Waals surface area contributed by atoms with Gasteiger partial charge in [-0.15, -0.1) is 11.6 Å². The van der Waals surface area contributed by atoms with Crippen LogP contribution in [0, 0.1) is 5.41 Å². The lowest BCUT2D eigenvalue weighted by Crippen LogP contribution is -2.61. The van der Waals surface area contributed by atoms with Crippen LogP contribution in [0.4, 0.5) is 0 Å². The summed E-state index contributed by atoms with van der Waals surface area (Å²) in [6.07, 6.45) is 0. The van der Waals surface area contributed by atoms with Crippen LogP contribution < -0.4 is 0 Å². The molecule has 0 N–H and O–H groups in total. The summed E-state index contributed by atoms with van der Waals surface area (Å²) in [6.45, 7) is 2.58. The fourth-order valence-electron chi connectivity index (χ4n) is 2.91. The number of hydrogen-bond acceptors (Lipinski definition) is 1. The number of rotatable bonds is 4. The van der Waals surface area contributed by atoms with Gasteiger partial charge in [0.2, 0.25) is 5.91 Å². The SMILES string of the molecule is CC1(CCl)CN(C(c2ccccc2)c2ccc(Cl)cc2)C1=O. The molecular weight excluding hydrogens is 317 g/mol. The zero-order valence-corrected chi connectivity index (χ0v) is 13.8. The Balaban J connectivity index is 1.98. The summed E-state index contributed by atoms with van der Waals surface area (Å²) >= 11 is 11.9. The molecule has 3 rings (SSSR count). The Kier molecular flexibility index (Phi) is 4.16. The zero-order chi connectivity index (χ0) is 15.7. The number of halogens is 2. The van der Waals surface area contributed by atoms with Gasteiger partial charge >= 0.3 is 0 Å². The highest BCUT2D eigenvalue weighted by Gasteiger charge is 2.50. The predicted molar refractivity (Wildman–Crippen MR) is 90.3 cm³/mol. The highest BCUT2D eigenvalue weighted by Crippen LogP contribution is 2.41. The number of amides is 1. The lowest BCUT2D eigenvalue weighted by Gasteiger charge is -2.50. The van der Waals surface area contributed by atoms with Gasteiger partial charge in [-0.3, -0.25) is 4.79 Å². The highest BCUT2D eigenvalue weighted by molar-refractivity contribution is 6.30. The molecular formula is C18H17Cl2NO. The van der Waals surface area contributed by atoms with Crippen molar-refractivity contribution in [3.05, 3.63) is 70.7 Å². The fourth-order valence-corrected chi connectivity index (χ4v) is 3.24. The summed E-state index contributed by atoms with van der Waals surface area (Å²) in [7, 11) is 0. The second-order valence-corrected chi connectivity index (χ2v) is 6.70. The molecule has 1 fully saturated rings. The Morgan fingerprint density at radius 1 is 1.09 bits per heavy atom. The largest absolute Gasteiger partial charge is 0.330 e. The number of nitrogens with zero attached hydrogens (tertiary/aromatic N) is 1. The van der Waals surface area contributed by atoms with Crippen molar-refractivity contribution in [2.75, 3.05) is 12.4 Å². The minimum atomic E-state index is -0.443. The molecule has 0 spiro atoms. The third-order valence-corrected chi connectivity index (χ3v) is 5.05. The number of alkyl halides is 1. The van der Waals surface area contributed by atoms with E-state index < -0.39 is 5.41 Å². The normalized spacial score (nSPS) is 22.3. The van der Waals surface area contributed by atoms with E-state index in [4.69, 9.17) is 23.2 Å². The molecule has 2 nitrogen and oxygen atoms in total. The van der Waals surface area contributed by atoms with E-state index in [2.05, 4.69) is 0 Å². The first-order chi connectivity index (χ1) is 10.5. The summed E-state index contributed by atoms with van der Waals surface area (Å²) in [5.41, 5.74) is 1.71. The average Bonchev–Trinajstić information content (AvgIpc) is 2.56. The fraction of sp³-hybridized carbons (Fsp3) is 0.278. The summed E-state index contributed by atoms with van der Waals surface area (Å²) in [6, 6.07) is 17.6. The van der Waals surface area contributed by atoms with Crippen LogP contribution in [0.3, 0.4) is 0 Å². The van der Waals surface area contributed by atoms with Gasteiger partial charge in [-0.1, -0.05) is 54.1 Å². The van der Waals surface area contributed by atoms with Gasteiger partial charge in [0.05, 0.1) is 11.5 Å². The number of hydrogen-bond donors (Lipinski definition) is 0. The van der Waals surface area contributed by atoms with Gasteiger partial charge in [0, 0.05) is 17.4 Å². The standard InChI is InChI=1S/C18H17Cl2NO/c1-18(11-19)12-21(17(18)22)16(13-5-3-2-4-6-13)14-7-9-15(20)10-8-14/h2-10,16H,11-12H2,1H3. The number of carbonyl (C=O) groups excluding carboxylic acids is 1. The number of likely N-dealkylation sites (tertiary alicyclic amines) is 1. The molecule has 2 aromatic carbocycles. The van der Waals surface area contributed by atoms with E-state index in [1.165, 1.54) is 0 Å². The molecule has 2 unspecified atom stereocenters. The number of benzene rings is 2. The lowest BCUT2D eigenvalue weighted by molar-refractivity contribution is -0.159. The van der Waals surface area contributed by atoms with Gasteiger partial charge in [-0.25, -0.2) is 0 Å². The first-order valence-electron chi connectivity index (χ1n) is 7.22. The molecule has 0 saturated carbocycles. The first kappa shape index (κ1) is 15.4. The van der Waals surface area contributed by atoms with Crippen molar-refractivity contribution >= 4 is 29.1 Å². The smallest absolute Gasteiger partial charge is 0.232 e. The van der Waals surface area contributed by atoms with Gasteiger partial charge in [-0.05, 0) is 30.2 Å². The quantitative estimate of drug-likeness (QED) is 0.595. The highest BCUT2D eigenvalue weighted by atomic mass is 35.5. The van der Waals surface area contributed by atoms with Crippen LogP contribution in [0.15, 0.2) is 54.6 Å². The van der Waals surface area contributed by atoms with E-state index in [0.717, 1.165) is 11.1 Å². The molecule has 2 aromatic rings. The Morgan fingerprint density at radius 2 is 1.68 bits per heavy atom. The van der Waals surface area contributed by atoms with E-state index in [1.54, 1.807) is 0 Å². The molecule has 1 saturated heterocycles. The summed E-state index contributed by atoms with van der Waals surface area (Å²) in [5, 5.41) is 0.691. The van der Waals surface area contributed by atoms with E-state index in [1.807, 2.05) is 66.4 Å². The van der Waals surface area contributed by atoms with E-state index >= 15 is 0 Å². The maximum Gasteiger partial charge on any atom is 0.232 e. The second-order valence-electron chi connectivity index (χ2n) is 5.99. The van der Waals surface area contributed by atoms with E-state index in [9.17, 15) is 4.79 Å². The van der Waals surface area contributed by atoms with Crippen molar-refractivity contribution in [1.82, 2.24) is 4.90 Å². The number of carbonyl (C=O) groups is 1. The van der Waals surface area contributed by atoms with Crippen molar-refractivity contribution in [2.24, 2.45) is 5.41 Å². The molecule has 1 aliphatic heterocycles. The van der Waals surface area contributed by atoms with Crippen LogP contribution in [-0.2, 0) is 4.79 Å². The molecule has 0 bridgehead atoms. The Morgan fingerprint density at radius 3 is 2.23 bits per heavy atom. The van der Waals surface area contributed by atoms with Crippen LogP contribution in [0.1, 0.15) is 24.1 Å². The summed E-state index contributed by atoms with van der Waals surface area (Å²) < 4.78 is 0. The topological polar surface area (TPSA) is 20.3 Å². The third-order valence-electron chi connectivity index (χ3n) is 4.20. The average molecular weight is 334 g/mol. The van der Waals surface area contributed by atoms with Crippen LogP contribution in [-0.4, -0.2) is 23.2 Å². The van der Waals surface area contributed by atoms with Gasteiger partial charge in [0.25, 0.3) is 0 Å². The van der Waals surface area contributed by atoms with Crippen LogP contribution >= 0.6 is 23.2 Å². The monoisotopic (exact) mass is 333 g/mol. The van der Waals surface area contributed by atoms with Crippen molar-refractivity contribution in [3.8, 4) is 0 Å². The summed E-state index contributed by atoms with van der Waals surface area (Å²) in [5.74, 6) is 0.455. The maximum absolute atomic E-state index is 12.6. The molecule has 0 aromatic heterocycles. The van der Waals surface area contributed by atoms with Crippen molar-refractivity contribution in [2.45, 2.75) is 13.0 Å². The van der Waals surface area contributed by atoms with Crippen LogP contribution in [0.2, 0.25) is 5.02 Å². The molecule has 1 heterocycles. The zero-order valence-electron chi connectivity index (χ0n) is 12.3. The molecule has 1 aliphatic rings. The first-order valence-corrected chi connectivity index (χ1v) is 8.14. The van der Waals surface area contributed by atoms with Crippen molar-refractivity contribution in [3.63, 3.8) is 0 Å². The maximum atomic E-state index is 12.6. The van der Waals surface area contributed by atoms with Gasteiger partial charge < -0.3 is 4.90 Å².